The molecule has 0 fully saturated rings. The number of aromatic nitrogens is 1. The Labute approximate surface area is 167 Å². The number of carbonyl (C=O) groups is 1. The third-order valence-electron chi connectivity index (χ3n) is 4.00. The molecule has 2 aromatic heterocycles. The summed E-state index contributed by atoms with van der Waals surface area (Å²) in [6.07, 6.45) is 2.88. The van der Waals surface area contributed by atoms with E-state index in [-0.39, 0.29) is 17.2 Å². The fourth-order valence-corrected chi connectivity index (χ4v) is 4.72. The molecule has 27 heavy (non-hydrogen) atoms. The van der Waals surface area contributed by atoms with Crippen LogP contribution >= 0.6 is 27.3 Å². The number of sulfone groups is 1. The number of rotatable bonds is 4. The minimum Gasteiger partial charge on any atom is -0.464 e. The van der Waals surface area contributed by atoms with Gasteiger partial charge in [0.2, 0.25) is 5.91 Å². The van der Waals surface area contributed by atoms with Crippen LogP contribution in [0.25, 0.3) is 21.2 Å². The average Bonchev–Trinajstić information content (AvgIpc) is 3.16. The molecule has 0 bridgehead atoms. The van der Waals surface area contributed by atoms with Crippen molar-refractivity contribution in [3.05, 3.63) is 52.7 Å². The molecule has 2 heterocycles. The highest BCUT2D eigenvalue weighted by Gasteiger charge is 2.14. The molecule has 2 aromatic carbocycles. The van der Waals surface area contributed by atoms with Gasteiger partial charge in [-0.05, 0) is 36.4 Å². The van der Waals surface area contributed by atoms with Crippen LogP contribution in [0.3, 0.4) is 0 Å². The van der Waals surface area contributed by atoms with Crippen molar-refractivity contribution in [3.63, 3.8) is 0 Å². The molecule has 1 amide bonds. The molecule has 0 unspecified atom stereocenters. The molecule has 0 aliphatic rings. The van der Waals surface area contributed by atoms with E-state index in [0.29, 0.717) is 20.9 Å². The lowest BCUT2D eigenvalue weighted by molar-refractivity contribution is -0.115. The maximum Gasteiger partial charge on any atom is 0.230 e. The maximum absolute atomic E-state index is 12.4. The summed E-state index contributed by atoms with van der Waals surface area (Å²) in [6.45, 7) is 0. The Balaban J connectivity index is 1.56. The van der Waals surface area contributed by atoms with E-state index < -0.39 is 9.84 Å². The SMILES string of the molecule is CS(=O)(=O)c1ccc2nc(NC(=O)Cc3coc4ccc(Br)cc34)sc2c1. The molecule has 6 nitrogen and oxygen atoms in total. The van der Waals surface area contributed by atoms with E-state index >= 15 is 0 Å². The van der Waals surface area contributed by atoms with Gasteiger partial charge in [0.25, 0.3) is 0 Å². The van der Waals surface area contributed by atoms with Crippen molar-refractivity contribution in [1.82, 2.24) is 4.98 Å². The second-order valence-corrected chi connectivity index (χ2v) is 10.0. The predicted octanol–water partition coefficient (Wildman–Crippen LogP) is 4.39. The fourth-order valence-electron chi connectivity index (χ4n) is 2.72. The number of hydrogen-bond donors (Lipinski definition) is 1. The maximum atomic E-state index is 12.4. The van der Waals surface area contributed by atoms with Crippen molar-refractivity contribution in [2.75, 3.05) is 11.6 Å². The summed E-state index contributed by atoms with van der Waals surface area (Å²) in [4.78, 5) is 17.0. The number of carbonyl (C=O) groups excluding carboxylic acids is 1. The highest BCUT2D eigenvalue weighted by Crippen LogP contribution is 2.29. The summed E-state index contributed by atoms with van der Waals surface area (Å²) in [7, 11) is -3.29. The molecule has 9 heteroatoms. The zero-order chi connectivity index (χ0) is 19.2. The summed E-state index contributed by atoms with van der Waals surface area (Å²) in [6, 6.07) is 10.3. The zero-order valence-corrected chi connectivity index (χ0v) is 17.2. The molecule has 0 spiro atoms. The van der Waals surface area contributed by atoms with E-state index in [1.807, 2.05) is 18.2 Å². The van der Waals surface area contributed by atoms with Crippen molar-refractivity contribution >= 4 is 69.3 Å². The molecule has 0 atom stereocenters. The fraction of sp³-hybridized carbons (Fsp3) is 0.111. The van der Waals surface area contributed by atoms with E-state index in [9.17, 15) is 13.2 Å². The molecule has 4 aromatic rings. The second kappa shape index (κ2) is 6.74. The molecule has 0 aliphatic heterocycles. The number of anilines is 1. The quantitative estimate of drug-likeness (QED) is 0.483. The lowest BCUT2D eigenvalue weighted by atomic mass is 10.1. The van der Waals surface area contributed by atoms with Crippen molar-refractivity contribution in [1.29, 1.82) is 0 Å². The van der Waals surface area contributed by atoms with Crippen LogP contribution in [0.4, 0.5) is 5.13 Å². The molecule has 138 valence electrons. The first kappa shape index (κ1) is 18.1. The molecule has 0 aliphatic carbocycles. The molecule has 1 N–H and O–H groups in total. The van der Waals surface area contributed by atoms with Crippen molar-refractivity contribution in [3.8, 4) is 0 Å². The van der Waals surface area contributed by atoms with Gasteiger partial charge in [0, 0.05) is 21.7 Å². The Kier molecular flexibility index (Phi) is 4.53. The molecule has 0 radical (unpaired) electrons. The number of hydrogen-bond acceptors (Lipinski definition) is 6. The van der Waals surface area contributed by atoms with E-state index in [4.69, 9.17) is 4.42 Å². The van der Waals surface area contributed by atoms with Crippen LogP contribution in [-0.4, -0.2) is 25.6 Å². The highest BCUT2D eigenvalue weighted by atomic mass is 79.9. The summed E-state index contributed by atoms with van der Waals surface area (Å²) < 4.78 is 30.4. The van der Waals surface area contributed by atoms with Crippen LogP contribution in [0.1, 0.15) is 5.56 Å². The zero-order valence-electron chi connectivity index (χ0n) is 14.0. The van der Waals surface area contributed by atoms with Crippen LogP contribution in [0.15, 0.2) is 56.4 Å². The van der Waals surface area contributed by atoms with Gasteiger partial charge >= 0.3 is 0 Å². The summed E-state index contributed by atoms with van der Waals surface area (Å²) in [5.74, 6) is -0.222. The van der Waals surface area contributed by atoms with Crippen LogP contribution in [0.2, 0.25) is 0 Å². The van der Waals surface area contributed by atoms with Gasteiger partial charge in [-0.2, -0.15) is 0 Å². The van der Waals surface area contributed by atoms with E-state index in [2.05, 4.69) is 26.2 Å². The number of halogens is 1. The predicted molar refractivity (Wildman–Crippen MR) is 109 cm³/mol. The number of nitrogens with zero attached hydrogens (tertiary/aromatic N) is 1. The van der Waals surface area contributed by atoms with Crippen molar-refractivity contribution in [2.24, 2.45) is 0 Å². The minimum absolute atomic E-state index is 0.147. The monoisotopic (exact) mass is 464 g/mol. The van der Waals surface area contributed by atoms with Crippen LogP contribution < -0.4 is 5.32 Å². The number of benzene rings is 2. The number of amides is 1. The Morgan fingerprint density at radius 1 is 1.26 bits per heavy atom. The second-order valence-electron chi connectivity index (χ2n) is 6.05. The highest BCUT2D eigenvalue weighted by molar-refractivity contribution is 9.10. The van der Waals surface area contributed by atoms with E-state index in [1.54, 1.807) is 18.4 Å². The summed E-state index contributed by atoms with van der Waals surface area (Å²) in [5.41, 5.74) is 2.14. The lowest BCUT2D eigenvalue weighted by Gasteiger charge is -2.00. The van der Waals surface area contributed by atoms with Crippen molar-refractivity contribution in [2.45, 2.75) is 11.3 Å². The number of thiazole rings is 1. The minimum atomic E-state index is -3.29. The van der Waals surface area contributed by atoms with Gasteiger partial charge in [0.15, 0.2) is 15.0 Å². The first-order chi connectivity index (χ1) is 12.8. The summed E-state index contributed by atoms with van der Waals surface area (Å²) in [5, 5.41) is 4.07. The van der Waals surface area contributed by atoms with Gasteiger partial charge in [-0.3, -0.25) is 4.79 Å². The third kappa shape index (κ3) is 3.76. The first-order valence-electron chi connectivity index (χ1n) is 7.86. The van der Waals surface area contributed by atoms with Crippen molar-refractivity contribution < 1.29 is 17.6 Å². The largest absolute Gasteiger partial charge is 0.464 e. The average molecular weight is 465 g/mol. The molecule has 0 saturated carbocycles. The van der Waals surface area contributed by atoms with Gasteiger partial charge in [0.1, 0.15) is 5.58 Å². The molecular formula is C18H13BrN2O4S2. The Bertz CT molecular complexity index is 1290. The Morgan fingerprint density at radius 2 is 2.07 bits per heavy atom. The van der Waals surface area contributed by atoms with Crippen LogP contribution in [-0.2, 0) is 21.1 Å². The van der Waals surface area contributed by atoms with Crippen LogP contribution in [0, 0.1) is 0 Å². The smallest absolute Gasteiger partial charge is 0.230 e. The van der Waals surface area contributed by atoms with E-state index in [0.717, 1.165) is 21.7 Å². The molecule has 4 rings (SSSR count). The third-order valence-corrected chi connectivity index (χ3v) is 6.54. The standard InChI is InChI=1S/C18H13BrN2O4S2/c1-27(23,24)12-3-4-14-16(8-12)26-18(20-14)21-17(22)6-10-9-25-15-5-2-11(19)7-13(10)15/h2-5,7-9H,6H2,1H3,(H,20,21,22). The number of furan rings is 1. The number of fused-ring (bicyclic) bond motifs is 2. The van der Waals surface area contributed by atoms with Gasteiger partial charge in [-0.25, -0.2) is 13.4 Å². The van der Waals surface area contributed by atoms with E-state index in [1.165, 1.54) is 17.4 Å². The normalized spacial score (nSPS) is 11.9. The van der Waals surface area contributed by atoms with Gasteiger partial charge in [-0.1, -0.05) is 27.3 Å². The molecular weight excluding hydrogens is 452 g/mol. The van der Waals surface area contributed by atoms with Gasteiger partial charge in [-0.15, -0.1) is 0 Å². The van der Waals surface area contributed by atoms with Gasteiger partial charge < -0.3 is 9.73 Å². The summed E-state index contributed by atoms with van der Waals surface area (Å²) >= 11 is 4.65. The first-order valence-corrected chi connectivity index (χ1v) is 11.4. The van der Waals surface area contributed by atoms with Crippen LogP contribution in [0.5, 0.6) is 0 Å². The Morgan fingerprint density at radius 3 is 2.85 bits per heavy atom. The lowest BCUT2D eigenvalue weighted by Crippen LogP contribution is -2.13. The van der Waals surface area contributed by atoms with Gasteiger partial charge in [0.05, 0.1) is 27.8 Å². The topological polar surface area (TPSA) is 89.3 Å². The molecule has 0 saturated heterocycles. The number of nitrogens with one attached hydrogen (secondary N) is 1. The Hall–Kier alpha value is -2.23.